The van der Waals surface area contributed by atoms with Crippen LogP contribution in [0.15, 0.2) is 35.4 Å². The van der Waals surface area contributed by atoms with Crippen molar-refractivity contribution >= 4 is 17.6 Å². The number of benzene rings is 2. The summed E-state index contributed by atoms with van der Waals surface area (Å²) in [5.74, 6) is 1.55. The van der Waals surface area contributed by atoms with Crippen LogP contribution in [-0.2, 0) is 14.3 Å². The lowest BCUT2D eigenvalue weighted by Gasteiger charge is -2.21. The van der Waals surface area contributed by atoms with Gasteiger partial charge in [-0.3, -0.25) is 4.79 Å². The Hall–Kier alpha value is -3.95. The molecule has 2 aromatic rings. The van der Waals surface area contributed by atoms with E-state index in [-0.39, 0.29) is 19.1 Å². The van der Waals surface area contributed by atoms with Crippen LogP contribution in [0.2, 0.25) is 0 Å². The van der Waals surface area contributed by atoms with Crippen molar-refractivity contribution in [1.29, 1.82) is 0 Å². The number of nitrogens with zero attached hydrogens (tertiary/aromatic N) is 2. The van der Waals surface area contributed by atoms with Crippen molar-refractivity contribution in [3.05, 3.63) is 41.5 Å². The van der Waals surface area contributed by atoms with Crippen molar-refractivity contribution < 1.29 is 38.0 Å². The van der Waals surface area contributed by atoms with Crippen LogP contribution in [0.4, 0.5) is 0 Å². The van der Waals surface area contributed by atoms with Gasteiger partial charge in [0.1, 0.15) is 0 Å². The molecule has 1 atom stereocenters. The molecular formula is C25H30N2O8. The maximum Gasteiger partial charge on any atom is 0.344 e. The second kappa shape index (κ2) is 11.5. The number of ether oxygens (including phenoxy) is 6. The zero-order valence-corrected chi connectivity index (χ0v) is 20.7. The summed E-state index contributed by atoms with van der Waals surface area (Å²) in [6.07, 6.45) is 0.432. The van der Waals surface area contributed by atoms with E-state index in [0.29, 0.717) is 40.9 Å². The van der Waals surface area contributed by atoms with Gasteiger partial charge in [-0.1, -0.05) is 6.07 Å². The third-order valence-corrected chi connectivity index (χ3v) is 5.45. The van der Waals surface area contributed by atoms with Crippen LogP contribution in [0.25, 0.3) is 0 Å². The van der Waals surface area contributed by atoms with E-state index >= 15 is 0 Å². The zero-order chi connectivity index (χ0) is 25.5. The first kappa shape index (κ1) is 25.7. The average Bonchev–Trinajstić information content (AvgIpc) is 3.32. The Morgan fingerprint density at radius 3 is 2.14 bits per heavy atom. The molecule has 1 unspecified atom stereocenters. The van der Waals surface area contributed by atoms with Crippen LogP contribution in [0.5, 0.6) is 28.7 Å². The van der Waals surface area contributed by atoms with Crippen molar-refractivity contribution in [1.82, 2.24) is 5.01 Å². The topological polar surface area (TPSA) is 105 Å². The molecule has 0 N–H and O–H groups in total. The first-order chi connectivity index (χ1) is 16.9. The molecule has 1 heterocycles. The van der Waals surface area contributed by atoms with E-state index in [1.165, 1.54) is 40.4 Å². The highest BCUT2D eigenvalue weighted by molar-refractivity contribution is 6.04. The van der Waals surface area contributed by atoms with E-state index in [4.69, 9.17) is 28.4 Å². The number of carbonyl (C=O) groups excluding carboxylic acids is 2. The highest BCUT2D eigenvalue weighted by atomic mass is 16.6. The highest BCUT2D eigenvalue weighted by Crippen LogP contribution is 2.42. The van der Waals surface area contributed by atoms with Gasteiger partial charge < -0.3 is 28.4 Å². The average molecular weight is 487 g/mol. The highest BCUT2D eigenvalue weighted by Gasteiger charge is 2.33. The van der Waals surface area contributed by atoms with Gasteiger partial charge >= 0.3 is 5.97 Å². The van der Waals surface area contributed by atoms with E-state index in [0.717, 1.165) is 11.1 Å². The third kappa shape index (κ3) is 5.59. The molecule has 10 nitrogen and oxygen atoms in total. The predicted molar refractivity (Wildman–Crippen MR) is 128 cm³/mol. The minimum absolute atomic E-state index is 0.220. The van der Waals surface area contributed by atoms with Gasteiger partial charge in [0.05, 0.1) is 46.8 Å². The molecule has 0 bridgehead atoms. The summed E-state index contributed by atoms with van der Waals surface area (Å²) in [5.41, 5.74) is 2.18. The van der Waals surface area contributed by atoms with E-state index in [1.54, 1.807) is 31.2 Å². The molecule has 0 saturated heterocycles. The first-order valence-corrected chi connectivity index (χ1v) is 11.0. The maximum absolute atomic E-state index is 12.5. The lowest BCUT2D eigenvalue weighted by Crippen LogP contribution is -2.24. The number of rotatable bonds is 10. The summed E-state index contributed by atoms with van der Waals surface area (Å²) in [6.45, 7) is 3.18. The van der Waals surface area contributed by atoms with Crippen LogP contribution >= 0.6 is 0 Å². The summed E-state index contributed by atoms with van der Waals surface area (Å²) >= 11 is 0. The molecule has 10 heteroatoms. The van der Waals surface area contributed by atoms with Gasteiger partial charge in [-0.05, 0) is 36.8 Å². The van der Waals surface area contributed by atoms with Crippen LogP contribution in [0, 0.1) is 0 Å². The normalized spacial score (nSPS) is 14.7. The van der Waals surface area contributed by atoms with E-state index in [9.17, 15) is 9.59 Å². The summed E-state index contributed by atoms with van der Waals surface area (Å²) in [5, 5.41) is 6.02. The van der Waals surface area contributed by atoms with Gasteiger partial charge in [-0.15, -0.1) is 0 Å². The second-order valence-corrected chi connectivity index (χ2v) is 7.55. The lowest BCUT2D eigenvalue weighted by atomic mass is 9.97. The molecular weight excluding hydrogens is 456 g/mol. The monoisotopic (exact) mass is 486 g/mol. The summed E-state index contributed by atoms with van der Waals surface area (Å²) in [4.78, 5) is 24.2. The van der Waals surface area contributed by atoms with Crippen molar-refractivity contribution in [3.63, 3.8) is 0 Å². The lowest BCUT2D eigenvalue weighted by molar-refractivity contribution is -0.145. The Morgan fingerprint density at radius 2 is 1.60 bits per heavy atom. The predicted octanol–water partition coefficient (Wildman–Crippen LogP) is 3.36. The summed E-state index contributed by atoms with van der Waals surface area (Å²) < 4.78 is 32.3. The smallest absolute Gasteiger partial charge is 0.344 e. The van der Waals surface area contributed by atoms with E-state index < -0.39 is 12.0 Å². The fraction of sp³-hybridized carbons (Fsp3) is 0.400. The number of carbonyl (C=O) groups is 2. The fourth-order valence-electron chi connectivity index (χ4n) is 3.84. The summed E-state index contributed by atoms with van der Waals surface area (Å²) in [7, 11) is 6.12. The number of hydrogen-bond acceptors (Lipinski definition) is 9. The standard InChI is InChI=1S/C25H30N2O8/c1-7-34-24(29)14-35-21-10-16(8-9-20(21)30-3)19-13-18(26-27(19)15(2)28)17-11-22(31-4)25(33-6)23(12-17)32-5/h8-12,19H,7,13-14H2,1-6H3. The van der Waals surface area contributed by atoms with Gasteiger partial charge in [-0.2, -0.15) is 5.10 Å². The van der Waals surface area contributed by atoms with Crippen LogP contribution < -0.4 is 23.7 Å². The molecule has 3 rings (SSSR count). The molecule has 1 aliphatic rings. The second-order valence-electron chi connectivity index (χ2n) is 7.55. The fourth-order valence-corrected chi connectivity index (χ4v) is 3.84. The minimum atomic E-state index is -0.487. The first-order valence-electron chi connectivity index (χ1n) is 11.0. The Balaban J connectivity index is 1.94. The molecule has 0 spiro atoms. The quantitative estimate of drug-likeness (QED) is 0.471. The van der Waals surface area contributed by atoms with Gasteiger partial charge in [0.25, 0.3) is 0 Å². The Kier molecular flexibility index (Phi) is 8.40. The molecule has 0 aromatic heterocycles. The number of amides is 1. The molecule has 2 aromatic carbocycles. The number of methoxy groups -OCH3 is 4. The SMILES string of the molecule is CCOC(=O)COc1cc(C2CC(c3cc(OC)c(OC)c(OC)c3)=NN2C(C)=O)ccc1OC. The van der Waals surface area contributed by atoms with E-state index in [1.807, 2.05) is 6.07 Å². The number of esters is 1. The maximum atomic E-state index is 12.5. The van der Waals surface area contributed by atoms with Crippen molar-refractivity contribution in [3.8, 4) is 28.7 Å². The molecule has 1 aliphatic heterocycles. The van der Waals surface area contributed by atoms with Gasteiger partial charge in [-0.25, -0.2) is 9.80 Å². The Morgan fingerprint density at radius 1 is 0.943 bits per heavy atom. The molecule has 1 amide bonds. The molecule has 0 radical (unpaired) electrons. The number of hydrazone groups is 1. The largest absolute Gasteiger partial charge is 0.493 e. The van der Waals surface area contributed by atoms with Gasteiger partial charge in [0.15, 0.2) is 29.6 Å². The van der Waals surface area contributed by atoms with Crippen molar-refractivity contribution in [2.75, 3.05) is 41.7 Å². The number of hydrogen-bond donors (Lipinski definition) is 0. The van der Waals surface area contributed by atoms with Gasteiger partial charge in [0, 0.05) is 18.9 Å². The van der Waals surface area contributed by atoms with Crippen LogP contribution in [0.3, 0.4) is 0 Å². The van der Waals surface area contributed by atoms with E-state index in [2.05, 4.69) is 5.10 Å². The Bertz CT molecular complexity index is 1090. The third-order valence-electron chi connectivity index (χ3n) is 5.45. The molecule has 35 heavy (non-hydrogen) atoms. The summed E-state index contributed by atoms with van der Waals surface area (Å²) in [6, 6.07) is 8.51. The van der Waals surface area contributed by atoms with Crippen molar-refractivity contribution in [2.24, 2.45) is 5.10 Å². The molecule has 0 fully saturated rings. The molecule has 0 saturated carbocycles. The Labute approximate surface area is 204 Å². The molecule has 188 valence electrons. The van der Waals surface area contributed by atoms with Crippen LogP contribution in [0.1, 0.15) is 37.4 Å². The minimum Gasteiger partial charge on any atom is -0.493 e. The van der Waals surface area contributed by atoms with Crippen LogP contribution in [-0.4, -0.2) is 64.3 Å². The zero-order valence-electron chi connectivity index (χ0n) is 20.7. The van der Waals surface area contributed by atoms with Gasteiger partial charge in [0.2, 0.25) is 11.7 Å². The van der Waals surface area contributed by atoms with Crippen molar-refractivity contribution in [2.45, 2.75) is 26.3 Å². The molecule has 0 aliphatic carbocycles.